The maximum Gasteiger partial charge on any atom is 0.237 e. The highest BCUT2D eigenvalue weighted by Crippen LogP contribution is 2.34. The number of carbonyl (C=O) groups excluding carboxylic acids is 1. The van der Waals surface area contributed by atoms with Crippen LogP contribution >= 0.6 is 0 Å². The molecule has 3 unspecified atom stereocenters. The quantitative estimate of drug-likeness (QED) is 0.766. The molecular weight excluding hydrogens is 252 g/mol. The second-order valence-electron chi connectivity index (χ2n) is 6.41. The lowest BCUT2D eigenvalue weighted by molar-refractivity contribution is -0.124. The van der Waals surface area contributed by atoms with Crippen molar-refractivity contribution < 1.29 is 4.79 Å². The fraction of sp³-hybridized carbons (Fsp3) is 0.933. The van der Waals surface area contributed by atoms with Crippen LogP contribution in [0, 0.1) is 0 Å². The molecule has 0 radical (unpaired) electrons. The van der Waals surface area contributed by atoms with Crippen molar-refractivity contribution in [2.45, 2.75) is 57.2 Å². The first-order valence-electron chi connectivity index (χ1n) is 8.01. The maximum absolute atomic E-state index is 11.8. The number of hydrogen-bond acceptors (Lipinski definition) is 4. The van der Waals surface area contributed by atoms with Crippen molar-refractivity contribution in [2.75, 3.05) is 33.2 Å². The molecule has 3 N–H and O–H groups in total. The van der Waals surface area contributed by atoms with Crippen LogP contribution in [0.3, 0.4) is 0 Å². The second kappa shape index (κ2) is 6.41. The topological polar surface area (TPSA) is 61.6 Å². The van der Waals surface area contributed by atoms with Crippen molar-refractivity contribution >= 4 is 5.91 Å². The average molecular weight is 282 g/mol. The van der Waals surface area contributed by atoms with Gasteiger partial charge < -0.3 is 16.0 Å². The Balaban J connectivity index is 2.00. The van der Waals surface area contributed by atoms with Crippen molar-refractivity contribution in [3.8, 4) is 0 Å². The van der Waals surface area contributed by atoms with E-state index in [9.17, 15) is 4.79 Å². The molecule has 20 heavy (non-hydrogen) atoms. The van der Waals surface area contributed by atoms with Crippen molar-refractivity contribution in [2.24, 2.45) is 5.73 Å². The van der Waals surface area contributed by atoms with E-state index in [2.05, 4.69) is 29.1 Å². The molecule has 5 nitrogen and oxygen atoms in total. The summed E-state index contributed by atoms with van der Waals surface area (Å²) < 4.78 is 0. The molecule has 0 spiro atoms. The minimum Gasteiger partial charge on any atom is -0.368 e. The van der Waals surface area contributed by atoms with Crippen LogP contribution < -0.4 is 11.1 Å². The summed E-state index contributed by atoms with van der Waals surface area (Å²) in [5.41, 5.74) is 5.19. The molecule has 2 aliphatic rings. The van der Waals surface area contributed by atoms with Crippen LogP contribution in [0.1, 0.15) is 39.5 Å². The van der Waals surface area contributed by atoms with Crippen LogP contribution in [0.2, 0.25) is 0 Å². The van der Waals surface area contributed by atoms with Gasteiger partial charge in [-0.1, -0.05) is 13.8 Å². The smallest absolute Gasteiger partial charge is 0.237 e. The first-order chi connectivity index (χ1) is 9.52. The molecule has 1 aliphatic carbocycles. The number of nitrogens with two attached hydrogens (primary N) is 1. The summed E-state index contributed by atoms with van der Waals surface area (Å²) in [6.45, 7) is 8.46. The molecule has 5 heteroatoms. The number of hydrogen-bond donors (Lipinski definition) is 2. The Morgan fingerprint density at radius 3 is 2.75 bits per heavy atom. The number of nitrogens with zero attached hydrogens (tertiary/aromatic N) is 2. The summed E-state index contributed by atoms with van der Waals surface area (Å²) in [6, 6.07) is 1.15. The fourth-order valence-electron chi connectivity index (χ4n) is 3.88. The number of likely N-dealkylation sites (N-methyl/N-ethyl adjacent to an activating group) is 2. The summed E-state index contributed by atoms with van der Waals surface area (Å²) in [6.07, 6.45) is 4.02. The van der Waals surface area contributed by atoms with Gasteiger partial charge in [-0.05, 0) is 39.3 Å². The summed E-state index contributed by atoms with van der Waals surface area (Å²) in [5, 5.41) is 3.35. The second-order valence-corrected chi connectivity index (χ2v) is 6.41. The SMILES string of the molecule is CCNC1(C(N)=O)CCC(N2CCN(C)C(CC)C2)C1. The molecule has 2 rings (SSSR count). The zero-order valence-corrected chi connectivity index (χ0v) is 13.2. The van der Waals surface area contributed by atoms with Gasteiger partial charge in [0.15, 0.2) is 0 Å². The first-order valence-corrected chi connectivity index (χ1v) is 8.01. The lowest BCUT2D eigenvalue weighted by Gasteiger charge is -2.42. The lowest BCUT2D eigenvalue weighted by atomic mass is 9.96. The minimum atomic E-state index is -0.468. The van der Waals surface area contributed by atoms with Gasteiger partial charge >= 0.3 is 0 Å². The van der Waals surface area contributed by atoms with Crippen LogP contribution in [0.15, 0.2) is 0 Å². The molecule has 0 aromatic heterocycles. The van der Waals surface area contributed by atoms with E-state index in [-0.39, 0.29) is 5.91 Å². The van der Waals surface area contributed by atoms with E-state index in [0.717, 1.165) is 45.4 Å². The van der Waals surface area contributed by atoms with E-state index >= 15 is 0 Å². The Labute approximate surface area is 122 Å². The maximum atomic E-state index is 11.8. The first kappa shape index (κ1) is 15.7. The number of rotatable bonds is 5. The lowest BCUT2D eigenvalue weighted by Crippen LogP contribution is -2.57. The van der Waals surface area contributed by atoms with Gasteiger partial charge in [0.05, 0.1) is 5.54 Å². The van der Waals surface area contributed by atoms with E-state index in [1.54, 1.807) is 0 Å². The number of primary amides is 1. The zero-order chi connectivity index (χ0) is 14.8. The Morgan fingerprint density at radius 1 is 1.40 bits per heavy atom. The Morgan fingerprint density at radius 2 is 2.15 bits per heavy atom. The molecule has 2 fully saturated rings. The normalized spacial score (nSPS) is 36.4. The van der Waals surface area contributed by atoms with Crippen LogP contribution in [0.5, 0.6) is 0 Å². The van der Waals surface area contributed by atoms with Gasteiger partial charge in [-0.2, -0.15) is 0 Å². The van der Waals surface area contributed by atoms with Crippen LogP contribution in [0.25, 0.3) is 0 Å². The molecule has 1 saturated carbocycles. The number of nitrogens with one attached hydrogen (secondary N) is 1. The molecule has 3 atom stereocenters. The molecule has 116 valence electrons. The van der Waals surface area contributed by atoms with Gasteiger partial charge in [0, 0.05) is 31.7 Å². The molecular formula is C15H30N4O. The van der Waals surface area contributed by atoms with Crippen molar-refractivity contribution in [3.63, 3.8) is 0 Å². The van der Waals surface area contributed by atoms with E-state index in [0.29, 0.717) is 12.1 Å². The van der Waals surface area contributed by atoms with E-state index in [1.165, 1.54) is 6.42 Å². The third kappa shape index (κ3) is 3.00. The third-order valence-electron chi connectivity index (χ3n) is 5.27. The van der Waals surface area contributed by atoms with Crippen LogP contribution in [0.4, 0.5) is 0 Å². The summed E-state index contributed by atoms with van der Waals surface area (Å²) in [4.78, 5) is 16.9. The van der Waals surface area contributed by atoms with Gasteiger partial charge in [-0.25, -0.2) is 0 Å². The molecule has 1 heterocycles. The molecule has 1 amide bonds. The van der Waals surface area contributed by atoms with Crippen molar-refractivity contribution in [1.82, 2.24) is 15.1 Å². The Kier molecular flexibility index (Phi) is 5.04. The Bertz CT molecular complexity index is 349. The number of carbonyl (C=O) groups is 1. The molecule has 0 aromatic rings. The minimum absolute atomic E-state index is 0.178. The van der Waals surface area contributed by atoms with E-state index in [1.807, 2.05) is 6.92 Å². The van der Waals surface area contributed by atoms with Crippen LogP contribution in [-0.4, -0.2) is 66.6 Å². The van der Waals surface area contributed by atoms with Gasteiger partial charge in [0.25, 0.3) is 0 Å². The van der Waals surface area contributed by atoms with Gasteiger partial charge in [0.2, 0.25) is 5.91 Å². The average Bonchev–Trinajstić information content (AvgIpc) is 2.85. The highest BCUT2D eigenvalue weighted by Gasteiger charge is 2.45. The number of piperazine rings is 1. The molecule has 1 aliphatic heterocycles. The monoisotopic (exact) mass is 282 g/mol. The van der Waals surface area contributed by atoms with Crippen LogP contribution in [-0.2, 0) is 4.79 Å². The molecule has 1 saturated heterocycles. The standard InChI is InChI=1S/C15H30N4O/c1-4-12-11-19(9-8-18(12)3)13-6-7-15(10-13,14(16)20)17-5-2/h12-13,17H,4-11H2,1-3H3,(H2,16,20). The summed E-state index contributed by atoms with van der Waals surface area (Å²) in [7, 11) is 2.21. The molecule has 0 aromatic carbocycles. The predicted molar refractivity (Wildman–Crippen MR) is 81.5 cm³/mol. The van der Waals surface area contributed by atoms with Gasteiger partial charge in [0.1, 0.15) is 0 Å². The van der Waals surface area contributed by atoms with Gasteiger partial charge in [-0.3, -0.25) is 9.69 Å². The van der Waals surface area contributed by atoms with Crippen molar-refractivity contribution in [1.29, 1.82) is 0 Å². The van der Waals surface area contributed by atoms with E-state index in [4.69, 9.17) is 5.73 Å². The third-order valence-corrected chi connectivity index (χ3v) is 5.27. The highest BCUT2D eigenvalue weighted by atomic mass is 16.1. The number of amides is 1. The zero-order valence-electron chi connectivity index (χ0n) is 13.2. The van der Waals surface area contributed by atoms with Gasteiger partial charge in [-0.15, -0.1) is 0 Å². The largest absolute Gasteiger partial charge is 0.368 e. The fourth-order valence-corrected chi connectivity index (χ4v) is 3.88. The van der Waals surface area contributed by atoms with Crippen molar-refractivity contribution in [3.05, 3.63) is 0 Å². The summed E-state index contributed by atoms with van der Waals surface area (Å²) >= 11 is 0. The highest BCUT2D eigenvalue weighted by molar-refractivity contribution is 5.85. The van der Waals surface area contributed by atoms with E-state index < -0.39 is 5.54 Å². The Hall–Kier alpha value is -0.650. The summed E-state index contributed by atoms with van der Waals surface area (Å²) in [5.74, 6) is -0.178. The molecule has 0 bridgehead atoms. The predicted octanol–water partition coefficient (Wildman–Crippen LogP) is 0.399.